The topological polar surface area (TPSA) is 24.5 Å². The van der Waals surface area contributed by atoms with Gasteiger partial charge in [0.05, 0.1) is 6.61 Å². The number of nitrogens with one attached hydrogen (secondary N) is 1. The number of hydrogen-bond acceptors (Lipinski definition) is 3. The number of ether oxygens (including phenoxy) is 1. The summed E-state index contributed by atoms with van der Waals surface area (Å²) < 4.78 is 5.46. The molecule has 102 valence electrons. The van der Waals surface area contributed by atoms with Gasteiger partial charge in [0, 0.05) is 18.7 Å². The number of nitrogens with zero attached hydrogens (tertiary/aromatic N) is 1. The standard InChI is InChI=1S/C14H30N2O/c1-11(2)8-15-9-12(3)13(4)16(5)14-6-7-17-10-14/h11-15H,6-10H2,1-5H3. The summed E-state index contributed by atoms with van der Waals surface area (Å²) in [6, 6.07) is 1.24. The van der Waals surface area contributed by atoms with Gasteiger partial charge in [-0.1, -0.05) is 20.8 Å². The van der Waals surface area contributed by atoms with Crippen LogP contribution in [-0.4, -0.2) is 50.3 Å². The Bertz CT molecular complexity index is 202. The number of hydrogen-bond donors (Lipinski definition) is 1. The van der Waals surface area contributed by atoms with Crippen LogP contribution in [0.25, 0.3) is 0 Å². The molecule has 0 aromatic carbocycles. The molecule has 1 rings (SSSR count). The van der Waals surface area contributed by atoms with Gasteiger partial charge in [0.2, 0.25) is 0 Å². The molecule has 1 N–H and O–H groups in total. The first-order chi connectivity index (χ1) is 8.02. The highest BCUT2D eigenvalue weighted by atomic mass is 16.5. The van der Waals surface area contributed by atoms with Crippen molar-refractivity contribution in [3.63, 3.8) is 0 Å². The Morgan fingerprint density at radius 2 is 1.94 bits per heavy atom. The maximum absolute atomic E-state index is 5.46. The largest absolute Gasteiger partial charge is 0.380 e. The van der Waals surface area contributed by atoms with Crippen molar-refractivity contribution in [2.75, 3.05) is 33.4 Å². The Morgan fingerprint density at radius 1 is 1.24 bits per heavy atom. The van der Waals surface area contributed by atoms with Crippen LogP contribution in [0, 0.1) is 11.8 Å². The molecule has 0 aliphatic carbocycles. The molecular weight excluding hydrogens is 212 g/mol. The third-order valence-corrected chi connectivity index (χ3v) is 3.97. The molecule has 1 heterocycles. The van der Waals surface area contributed by atoms with Gasteiger partial charge < -0.3 is 10.1 Å². The fourth-order valence-electron chi connectivity index (χ4n) is 2.35. The van der Waals surface area contributed by atoms with E-state index >= 15 is 0 Å². The van der Waals surface area contributed by atoms with E-state index in [1.165, 1.54) is 6.42 Å². The predicted molar refractivity (Wildman–Crippen MR) is 73.3 cm³/mol. The lowest BCUT2D eigenvalue weighted by molar-refractivity contribution is 0.115. The minimum absolute atomic E-state index is 0.612. The van der Waals surface area contributed by atoms with Gasteiger partial charge in [-0.25, -0.2) is 0 Å². The monoisotopic (exact) mass is 242 g/mol. The fourth-order valence-corrected chi connectivity index (χ4v) is 2.35. The van der Waals surface area contributed by atoms with Gasteiger partial charge in [-0.05, 0) is 45.3 Å². The number of likely N-dealkylation sites (N-methyl/N-ethyl adjacent to an activating group) is 1. The van der Waals surface area contributed by atoms with Gasteiger partial charge in [-0.2, -0.15) is 0 Å². The van der Waals surface area contributed by atoms with Crippen LogP contribution < -0.4 is 5.32 Å². The Kier molecular flexibility index (Phi) is 6.45. The average molecular weight is 242 g/mol. The van der Waals surface area contributed by atoms with E-state index in [4.69, 9.17) is 4.74 Å². The molecule has 0 radical (unpaired) electrons. The molecular formula is C14H30N2O. The van der Waals surface area contributed by atoms with Crippen molar-refractivity contribution < 1.29 is 4.74 Å². The normalized spacial score (nSPS) is 24.5. The van der Waals surface area contributed by atoms with Gasteiger partial charge in [-0.15, -0.1) is 0 Å². The van der Waals surface area contributed by atoms with Crippen LogP contribution >= 0.6 is 0 Å². The molecule has 1 fully saturated rings. The van der Waals surface area contributed by atoms with E-state index in [0.29, 0.717) is 18.0 Å². The maximum atomic E-state index is 5.46. The highest BCUT2D eigenvalue weighted by molar-refractivity contribution is 4.80. The first kappa shape index (κ1) is 14.9. The summed E-state index contributed by atoms with van der Waals surface area (Å²) in [4.78, 5) is 2.49. The molecule has 3 atom stereocenters. The second-order valence-electron chi connectivity index (χ2n) is 5.95. The molecule has 0 spiro atoms. The zero-order valence-corrected chi connectivity index (χ0v) is 12.2. The van der Waals surface area contributed by atoms with E-state index in [0.717, 1.165) is 32.2 Å². The Labute approximate surface area is 107 Å². The quantitative estimate of drug-likeness (QED) is 0.739. The van der Waals surface area contributed by atoms with Gasteiger partial charge in [-0.3, -0.25) is 4.90 Å². The van der Waals surface area contributed by atoms with Crippen molar-refractivity contribution in [2.24, 2.45) is 11.8 Å². The predicted octanol–water partition coefficient (Wildman–Crippen LogP) is 1.98. The highest BCUT2D eigenvalue weighted by Crippen LogP contribution is 2.17. The maximum Gasteiger partial charge on any atom is 0.0622 e. The smallest absolute Gasteiger partial charge is 0.0622 e. The molecule has 3 nitrogen and oxygen atoms in total. The zero-order chi connectivity index (χ0) is 12.8. The summed E-state index contributed by atoms with van der Waals surface area (Å²) in [6.45, 7) is 13.2. The van der Waals surface area contributed by atoms with Crippen LogP contribution in [0.1, 0.15) is 34.1 Å². The van der Waals surface area contributed by atoms with Crippen LogP contribution in [0.5, 0.6) is 0 Å². The van der Waals surface area contributed by atoms with E-state index in [-0.39, 0.29) is 0 Å². The molecule has 0 amide bonds. The molecule has 0 aromatic rings. The van der Waals surface area contributed by atoms with Gasteiger partial charge in [0.25, 0.3) is 0 Å². The summed E-state index contributed by atoms with van der Waals surface area (Å²) in [7, 11) is 2.24. The summed E-state index contributed by atoms with van der Waals surface area (Å²) in [5.41, 5.74) is 0. The molecule has 0 aromatic heterocycles. The third-order valence-electron chi connectivity index (χ3n) is 3.97. The zero-order valence-electron chi connectivity index (χ0n) is 12.2. The summed E-state index contributed by atoms with van der Waals surface area (Å²) in [5, 5.41) is 3.55. The summed E-state index contributed by atoms with van der Waals surface area (Å²) >= 11 is 0. The van der Waals surface area contributed by atoms with Crippen LogP contribution in [0.4, 0.5) is 0 Å². The molecule has 17 heavy (non-hydrogen) atoms. The van der Waals surface area contributed by atoms with E-state index in [2.05, 4.69) is 45.0 Å². The van der Waals surface area contributed by atoms with Crippen LogP contribution in [0.15, 0.2) is 0 Å². The molecule has 0 bridgehead atoms. The Hall–Kier alpha value is -0.120. The second kappa shape index (κ2) is 7.34. The van der Waals surface area contributed by atoms with Crippen molar-refractivity contribution in [1.82, 2.24) is 10.2 Å². The van der Waals surface area contributed by atoms with Crippen LogP contribution in [0.3, 0.4) is 0 Å². The Balaban J connectivity index is 2.26. The summed E-state index contributed by atoms with van der Waals surface area (Å²) in [5.74, 6) is 1.41. The van der Waals surface area contributed by atoms with Gasteiger partial charge in [0.15, 0.2) is 0 Å². The number of rotatable bonds is 7. The van der Waals surface area contributed by atoms with Crippen LogP contribution in [0.2, 0.25) is 0 Å². The van der Waals surface area contributed by atoms with Crippen molar-refractivity contribution in [3.8, 4) is 0 Å². The van der Waals surface area contributed by atoms with E-state index in [9.17, 15) is 0 Å². The highest BCUT2D eigenvalue weighted by Gasteiger charge is 2.26. The molecule has 1 aliphatic heterocycles. The Morgan fingerprint density at radius 3 is 2.47 bits per heavy atom. The van der Waals surface area contributed by atoms with E-state index < -0.39 is 0 Å². The molecule has 3 heteroatoms. The lowest BCUT2D eigenvalue weighted by Gasteiger charge is -2.34. The van der Waals surface area contributed by atoms with Gasteiger partial charge in [0.1, 0.15) is 0 Å². The minimum atomic E-state index is 0.612. The van der Waals surface area contributed by atoms with Crippen molar-refractivity contribution in [2.45, 2.75) is 46.2 Å². The molecule has 1 saturated heterocycles. The van der Waals surface area contributed by atoms with Crippen LogP contribution in [-0.2, 0) is 4.74 Å². The third kappa shape index (κ3) is 4.94. The van der Waals surface area contributed by atoms with E-state index in [1.807, 2.05) is 0 Å². The lowest BCUT2D eigenvalue weighted by atomic mass is 10.0. The lowest BCUT2D eigenvalue weighted by Crippen LogP contribution is -2.45. The molecule has 3 unspecified atom stereocenters. The first-order valence-corrected chi connectivity index (χ1v) is 7.02. The van der Waals surface area contributed by atoms with Crippen molar-refractivity contribution in [3.05, 3.63) is 0 Å². The summed E-state index contributed by atoms with van der Waals surface area (Å²) in [6.07, 6.45) is 1.19. The van der Waals surface area contributed by atoms with E-state index in [1.54, 1.807) is 0 Å². The fraction of sp³-hybridized carbons (Fsp3) is 1.00. The molecule has 1 aliphatic rings. The SMILES string of the molecule is CC(C)CNCC(C)C(C)N(C)C1CCOC1. The van der Waals surface area contributed by atoms with Gasteiger partial charge >= 0.3 is 0 Å². The minimum Gasteiger partial charge on any atom is -0.380 e. The average Bonchev–Trinajstić information content (AvgIpc) is 2.79. The second-order valence-corrected chi connectivity index (χ2v) is 5.95. The van der Waals surface area contributed by atoms with Crippen molar-refractivity contribution in [1.29, 1.82) is 0 Å². The van der Waals surface area contributed by atoms with Crippen molar-refractivity contribution >= 4 is 0 Å². The first-order valence-electron chi connectivity index (χ1n) is 7.02. The molecule has 0 saturated carbocycles.